The van der Waals surface area contributed by atoms with E-state index >= 15 is 0 Å². The van der Waals surface area contributed by atoms with E-state index in [1.165, 1.54) is 5.56 Å². The Bertz CT molecular complexity index is 426. The Morgan fingerprint density at radius 3 is 2.15 bits per heavy atom. The molecule has 0 aromatic heterocycles. The fourth-order valence-electron chi connectivity index (χ4n) is 3.55. The van der Waals surface area contributed by atoms with Gasteiger partial charge in [-0.2, -0.15) is 0 Å². The molecule has 2 heteroatoms. The van der Waals surface area contributed by atoms with Crippen LogP contribution in [0.25, 0.3) is 0 Å². The van der Waals surface area contributed by atoms with E-state index in [0.717, 1.165) is 25.7 Å². The summed E-state index contributed by atoms with van der Waals surface area (Å²) < 4.78 is 0. The maximum absolute atomic E-state index is 11.1. The van der Waals surface area contributed by atoms with Crippen molar-refractivity contribution in [2.24, 2.45) is 16.6 Å². The summed E-state index contributed by atoms with van der Waals surface area (Å²) in [4.78, 5) is 0. The summed E-state index contributed by atoms with van der Waals surface area (Å²) in [6.07, 6.45) is 5.03. The molecule has 0 bridgehead atoms. The molecule has 1 aliphatic rings. The first-order chi connectivity index (χ1) is 9.30. The van der Waals surface area contributed by atoms with Crippen LogP contribution in [0.2, 0.25) is 0 Å². The third kappa shape index (κ3) is 3.07. The Morgan fingerprint density at radius 2 is 1.65 bits per heavy atom. The predicted octanol–water partition coefficient (Wildman–Crippen LogP) is 3.53. The summed E-state index contributed by atoms with van der Waals surface area (Å²) in [6.45, 7) is 7.19. The Balaban J connectivity index is 2.17. The Labute approximate surface area is 123 Å². The van der Waals surface area contributed by atoms with E-state index in [2.05, 4.69) is 26.0 Å². The second kappa shape index (κ2) is 5.50. The molecular formula is C18H29NO. The Hall–Kier alpha value is -0.860. The minimum absolute atomic E-state index is 0.141. The van der Waals surface area contributed by atoms with Gasteiger partial charge in [0.05, 0.1) is 5.60 Å². The molecule has 1 atom stereocenters. The summed E-state index contributed by atoms with van der Waals surface area (Å²) in [5.74, 6) is 0. The molecule has 2 nitrogen and oxygen atoms in total. The van der Waals surface area contributed by atoms with E-state index in [1.54, 1.807) is 0 Å². The van der Waals surface area contributed by atoms with Crippen LogP contribution in [0.5, 0.6) is 0 Å². The molecule has 0 spiro atoms. The lowest BCUT2D eigenvalue weighted by Gasteiger charge is -2.51. The number of aliphatic hydroxyl groups is 1. The van der Waals surface area contributed by atoms with Crippen molar-refractivity contribution >= 4 is 0 Å². The third-order valence-corrected chi connectivity index (χ3v) is 5.49. The number of nitrogens with two attached hydrogens (primary N) is 1. The van der Waals surface area contributed by atoms with E-state index in [9.17, 15) is 5.11 Å². The number of hydrogen-bond acceptors (Lipinski definition) is 2. The van der Waals surface area contributed by atoms with Gasteiger partial charge in [0.2, 0.25) is 0 Å². The molecule has 0 saturated heterocycles. The van der Waals surface area contributed by atoms with Gasteiger partial charge >= 0.3 is 0 Å². The molecule has 0 radical (unpaired) electrons. The lowest BCUT2D eigenvalue weighted by atomic mass is 9.57. The lowest BCUT2D eigenvalue weighted by molar-refractivity contribution is -0.0985. The van der Waals surface area contributed by atoms with Crippen LogP contribution in [-0.4, -0.2) is 17.3 Å². The first-order valence-corrected chi connectivity index (χ1v) is 7.77. The van der Waals surface area contributed by atoms with E-state index < -0.39 is 5.60 Å². The SMILES string of the molecule is CC1(C)CCC(CN)(C(C)(O)Cc2ccccc2)CC1. The van der Waals surface area contributed by atoms with E-state index in [-0.39, 0.29) is 5.41 Å². The first kappa shape index (κ1) is 15.5. The highest BCUT2D eigenvalue weighted by Crippen LogP contribution is 2.50. The van der Waals surface area contributed by atoms with Gasteiger partial charge in [-0.1, -0.05) is 44.2 Å². The lowest BCUT2D eigenvalue weighted by Crippen LogP contribution is -2.54. The highest BCUT2D eigenvalue weighted by atomic mass is 16.3. The van der Waals surface area contributed by atoms with Gasteiger partial charge in [0.25, 0.3) is 0 Å². The molecule has 3 N–H and O–H groups in total. The average Bonchev–Trinajstić information content (AvgIpc) is 2.39. The second-order valence-electron chi connectivity index (χ2n) is 7.58. The molecule has 1 unspecified atom stereocenters. The molecule has 0 amide bonds. The zero-order valence-corrected chi connectivity index (χ0v) is 13.2. The van der Waals surface area contributed by atoms with Gasteiger partial charge in [-0.3, -0.25) is 0 Å². The zero-order chi connectivity index (χ0) is 14.9. The predicted molar refractivity (Wildman–Crippen MR) is 84.5 cm³/mol. The maximum Gasteiger partial charge on any atom is 0.0727 e. The summed E-state index contributed by atoms with van der Waals surface area (Å²) >= 11 is 0. The van der Waals surface area contributed by atoms with E-state index in [1.807, 2.05) is 25.1 Å². The fraction of sp³-hybridized carbons (Fsp3) is 0.667. The fourth-order valence-corrected chi connectivity index (χ4v) is 3.55. The zero-order valence-electron chi connectivity index (χ0n) is 13.2. The summed E-state index contributed by atoms with van der Waals surface area (Å²) in [5, 5.41) is 11.1. The first-order valence-electron chi connectivity index (χ1n) is 7.77. The average molecular weight is 275 g/mol. The van der Waals surface area contributed by atoms with Crippen LogP contribution in [0.3, 0.4) is 0 Å². The van der Waals surface area contributed by atoms with Crippen LogP contribution in [0.4, 0.5) is 0 Å². The quantitative estimate of drug-likeness (QED) is 0.883. The van der Waals surface area contributed by atoms with Crippen LogP contribution in [0.15, 0.2) is 30.3 Å². The van der Waals surface area contributed by atoms with Crippen molar-refractivity contribution in [3.63, 3.8) is 0 Å². The van der Waals surface area contributed by atoms with Crippen molar-refractivity contribution in [3.8, 4) is 0 Å². The topological polar surface area (TPSA) is 46.2 Å². The van der Waals surface area contributed by atoms with Gasteiger partial charge in [-0.05, 0) is 43.6 Å². The van der Waals surface area contributed by atoms with Gasteiger partial charge in [0.1, 0.15) is 0 Å². The summed E-state index contributed by atoms with van der Waals surface area (Å²) in [5.41, 5.74) is 6.81. The van der Waals surface area contributed by atoms with Gasteiger partial charge in [-0.25, -0.2) is 0 Å². The molecule has 20 heavy (non-hydrogen) atoms. The molecule has 1 fully saturated rings. The van der Waals surface area contributed by atoms with Crippen molar-refractivity contribution < 1.29 is 5.11 Å². The highest BCUT2D eigenvalue weighted by Gasteiger charge is 2.49. The maximum atomic E-state index is 11.1. The largest absolute Gasteiger partial charge is 0.389 e. The molecule has 0 aliphatic heterocycles. The molecule has 2 rings (SSSR count). The van der Waals surface area contributed by atoms with Gasteiger partial charge in [0.15, 0.2) is 0 Å². The van der Waals surface area contributed by atoms with E-state index in [0.29, 0.717) is 18.4 Å². The third-order valence-electron chi connectivity index (χ3n) is 5.49. The smallest absolute Gasteiger partial charge is 0.0727 e. The highest BCUT2D eigenvalue weighted by molar-refractivity contribution is 5.19. The summed E-state index contributed by atoms with van der Waals surface area (Å²) in [6, 6.07) is 10.3. The van der Waals surface area contributed by atoms with Gasteiger partial charge in [-0.15, -0.1) is 0 Å². The van der Waals surface area contributed by atoms with Crippen molar-refractivity contribution in [3.05, 3.63) is 35.9 Å². The molecule has 1 aliphatic carbocycles. The van der Waals surface area contributed by atoms with Crippen molar-refractivity contribution in [1.29, 1.82) is 0 Å². The molecule has 112 valence electrons. The van der Waals surface area contributed by atoms with Crippen LogP contribution < -0.4 is 5.73 Å². The van der Waals surface area contributed by atoms with Crippen molar-refractivity contribution in [1.82, 2.24) is 0 Å². The molecular weight excluding hydrogens is 246 g/mol. The molecule has 0 heterocycles. The standard InChI is InChI=1S/C18H29NO/c1-16(2)9-11-18(14-19,12-10-16)17(3,20)13-15-7-5-4-6-8-15/h4-8,20H,9-14,19H2,1-3H3. The minimum atomic E-state index is -0.737. The summed E-state index contributed by atoms with van der Waals surface area (Å²) in [7, 11) is 0. The Kier molecular flexibility index (Phi) is 4.27. The molecule has 1 aromatic carbocycles. The van der Waals surface area contributed by atoms with Gasteiger partial charge in [0, 0.05) is 18.4 Å². The van der Waals surface area contributed by atoms with Crippen LogP contribution in [-0.2, 0) is 6.42 Å². The normalized spacial score (nSPS) is 24.1. The minimum Gasteiger partial charge on any atom is -0.389 e. The Morgan fingerprint density at radius 1 is 1.10 bits per heavy atom. The second-order valence-corrected chi connectivity index (χ2v) is 7.58. The number of hydrogen-bond donors (Lipinski definition) is 2. The van der Waals surface area contributed by atoms with Crippen LogP contribution in [0.1, 0.15) is 52.0 Å². The van der Waals surface area contributed by atoms with E-state index in [4.69, 9.17) is 5.73 Å². The number of rotatable bonds is 4. The number of benzene rings is 1. The molecule has 1 aromatic rings. The van der Waals surface area contributed by atoms with Crippen LogP contribution >= 0.6 is 0 Å². The molecule has 1 saturated carbocycles. The van der Waals surface area contributed by atoms with Crippen LogP contribution in [0, 0.1) is 10.8 Å². The van der Waals surface area contributed by atoms with Gasteiger partial charge < -0.3 is 10.8 Å². The van der Waals surface area contributed by atoms with Crippen molar-refractivity contribution in [2.75, 3.05) is 6.54 Å². The monoisotopic (exact) mass is 275 g/mol. The van der Waals surface area contributed by atoms with Crippen molar-refractivity contribution in [2.45, 2.75) is 58.5 Å².